The molecule has 1 N–H and O–H groups in total. The van der Waals surface area contributed by atoms with Crippen molar-refractivity contribution in [3.8, 4) is 0 Å². The summed E-state index contributed by atoms with van der Waals surface area (Å²) in [6, 6.07) is 9.56. The van der Waals surface area contributed by atoms with Gasteiger partial charge in [0.2, 0.25) is 0 Å². The number of urea groups is 1. The molecule has 0 bridgehead atoms. The summed E-state index contributed by atoms with van der Waals surface area (Å²) in [4.78, 5) is 14.3. The van der Waals surface area contributed by atoms with E-state index in [2.05, 4.69) is 21.2 Å². The fourth-order valence-corrected chi connectivity index (χ4v) is 2.95. The summed E-state index contributed by atoms with van der Waals surface area (Å²) >= 11 is 3.46. The van der Waals surface area contributed by atoms with Crippen LogP contribution in [0.15, 0.2) is 45.5 Å². The SMILES string of the molecule is Cc1cc(NC(=O)N2CCC[C@H]2c2ccco2)ccc1Br. The number of amides is 2. The summed E-state index contributed by atoms with van der Waals surface area (Å²) in [5.41, 5.74) is 1.91. The van der Waals surface area contributed by atoms with Gasteiger partial charge in [-0.25, -0.2) is 4.79 Å². The van der Waals surface area contributed by atoms with Crippen LogP contribution in [0.4, 0.5) is 10.5 Å². The Morgan fingerprint density at radius 3 is 3.00 bits per heavy atom. The minimum Gasteiger partial charge on any atom is -0.467 e. The highest BCUT2D eigenvalue weighted by Crippen LogP contribution is 2.32. The summed E-state index contributed by atoms with van der Waals surface area (Å²) in [5.74, 6) is 0.856. The van der Waals surface area contributed by atoms with Gasteiger partial charge in [-0.2, -0.15) is 0 Å². The molecule has 0 radical (unpaired) electrons. The Hall–Kier alpha value is -1.75. The Bertz CT molecular complexity index is 640. The molecule has 0 saturated carbocycles. The smallest absolute Gasteiger partial charge is 0.322 e. The van der Waals surface area contributed by atoms with Crippen molar-refractivity contribution in [1.29, 1.82) is 0 Å². The van der Waals surface area contributed by atoms with Crippen LogP contribution in [0, 0.1) is 6.92 Å². The van der Waals surface area contributed by atoms with Crippen LogP contribution in [-0.4, -0.2) is 17.5 Å². The van der Waals surface area contributed by atoms with Crippen molar-refractivity contribution in [2.75, 3.05) is 11.9 Å². The van der Waals surface area contributed by atoms with Crippen molar-refractivity contribution in [2.24, 2.45) is 0 Å². The van der Waals surface area contributed by atoms with E-state index in [1.54, 1.807) is 6.26 Å². The van der Waals surface area contributed by atoms with E-state index >= 15 is 0 Å². The van der Waals surface area contributed by atoms with Crippen LogP contribution >= 0.6 is 15.9 Å². The number of carbonyl (C=O) groups is 1. The van der Waals surface area contributed by atoms with E-state index in [4.69, 9.17) is 4.42 Å². The first-order chi connectivity index (χ1) is 10.1. The average Bonchev–Trinajstić information content (AvgIpc) is 3.12. The number of nitrogens with zero attached hydrogens (tertiary/aromatic N) is 1. The number of hydrogen-bond donors (Lipinski definition) is 1. The fraction of sp³-hybridized carbons (Fsp3) is 0.312. The molecular weight excluding hydrogens is 332 g/mol. The lowest BCUT2D eigenvalue weighted by Crippen LogP contribution is -2.34. The summed E-state index contributed by atoms with van der Waals surface area (Å²) in [6.07, 6.45) is 3.60. The van der Waals surface area contributed by atoms with Crippen molar-refractivity contribution in [3.63, 3.8) is 0 Å². The molecule has 4 nitrogen and oxygen atoms in total. The topological polar surface area (TPSA) is 45.5 Å². The molecule has 21 heavy (non-hydrogen) atoms. The van der Waals surface area contributed by atoms with Crippen LogP contribution < -0.4 is 5.32 Å². The lowest BCUT2D eigenvalue weighted by molar-refractivity contribution is 0.200. The number of aryl methyl sites for hydroxylation is 1. The summed E-state index contributed by atoms with van der Waals surface area (Å²) in [7, 11) is 0. The Balaban J connectivity index is 1.73. The first-order valence-electron chi connectivity index (χ1n) is 7.02. The molecule has 110 valence electrons. The zero-order chi connectivity index (χ0) is 14.8. The summed E-state index contributed by atoms with van der Waals surface area (Å²) < 4.78 is 6.49. The Labute approximate surface area is 132 Å². The van der Waals surface area contributed by atoms with Gasteiger partial charge in [-0.15, -0.1) is 0 Å². The molecule has 2 amide bonds. The zero-order valence-electron chi connectivity index (χ0n) is 11.8. The van der Waals surface area contributed by atoms with Gasteiger partial charge in [0, 0.05) is 16.7 Å². The molecule has 3 rings (SSSR count). The summed E-state index contributed by atoms with van der Waals surface area (Å²) in [6.45, 7) is 2.76. The number of anilines is 1. The van der Waals surface area contributed by atoms with E-state index in [0.717, 1.165) is 40.9 Å². The first-order valence-corrected chi connectivity index (χ1v) is 7.81. The highest BCUT2D eigenvalue weighted by Gasteiger charge is 2.31. The third-order valence-electron chi connectivity index (χ3n) is 3.79. The Kier molecular flexibility index (Phi) is 4.01. The van der Waals surface area contributed by atoms with Crippen molar-refractivity contribution in [3.05, 3.63) is 52.4 Å². The van der Waals surface area contributed by atoms with Gasteiger partial charge in [0.05, 0.1) is 12.3 Å². The van der Waals surface area contributed by atoms with E-state index in [1.807, 2.05) is 42.2 Å². The number of likely N-dealkylation sites (tertiary alicyclic amines) is 1. The van der Waals surface area contributed by atoms with Gasteiger partial charge in [0.25, 0.3) is 0 Å². The van der Waals surface area contributed by atoms with Crippen molar-refractivity contribution in [1.82, 2.24) is 4.90 Å². The quantitative estimate of drug-likeness (QED) is 0.853. The molecule has 1 aliphatic rings. The predicted octanol–water partition coefficient (Wildman–Crippen LogP) is 4.72. The number of carbonyl (C=O) groups excluding carboxylic acids is 1. The largest absolute Gasteiger partial charge is 0.467 e. The van der Waals surface area contributed by atoms with Crippen LogP contribution in [0.25, 0.3) is 0 Å². The van der Waals surface area contributed by atoms with Crippen molar-refractivity contribution < 1.29 is 9.21 Å². The van der Waals surface area contributed by atoms with Gasteiger partial charge in [-0.1, -0.05) is 15.9 Å². The van der Waals surface area contributed by atoms with Gasteiger partial charge in [0.15, 0.2) is 0 Å². The van der Waals surface area contributed by atoms with Gasteiger partial charge >= 0.3 is 6.03 Å². The third kappa shape index (κ3) is 2.97. The van der Waals surface area contributed by atoms with E-state index < -0.39 is 0 Å². The standard InChI is InChI=1S/C16H17BrN2O2/c1-11-10-12(6-7-13(11)17)18-16(20)19-8-2-4-14(19)15-5-3-9-21-15/h3,5-7,9-10,14H,2,4,8H2,1H3,(H,18,20)/t14-/m0/s1. The molecule has 0 aliphatic carbocycles. The Morgan fingerprint density at radius 2 is 2.29 bits per heavy atom. The first kappa shape index (κ1) is 14.2. The second-order valence-electron chi connectivity index (χ2n) is 5.26. The number of rotatable bonds is 2. The molecule has 1 aromatic carbocycles. The fourth-order valence-electron chi connectivity index (χ4n) is 2.70. The number of halogens is 1. The molecule has 1 atom stereocenters. The van der Waals surface area contributed by atoms with E-state index in [-0.39, 0.29) is 12.1 Å². The second-order valence-corrected chi connectivity index (χ2v) is 6.12. The maximum absolute atomic E-state index is 12.5. The van der Waals surface area contributed by atoms with Crippen LogP contribution in [0.2, 0.25) is 0 Å². The second kappa shape index (κ2) is 5.93. The molecule has 5 heteroatoms. The molecule has 1 aliphatic heterocycles. The lowest BCUT2D eigenvalue weighted by atomic mass is 10.2. The molecule has 1 aromatic heterocycles. The van der Waals surface area contributed by atoms with Gasteiger partial charge in [0.1, 0.15) is 5.76 Å². The molecule has 0 unspecified atom stereocenters. The predicted molar refractivity (Wildman–Crippen MR) is 85.3 cm³/mol. The monoisotopic (exact) mass is 348 g/mol. The van der Waals surface area contributed by atoms with E-state index in [9.17, 15) is 4.79 Å². The molecule has 2 heterocycles. The molecule has 2 aromatic rings. The van der Waals surface area contributed by atoms with Gasteiger partial charge in [-0.3, -0.25) is 0 Å². The van der Waals surface area contributed by atoms with E-state index in [1.165, 1.54) is 0 Å². The normalized spacial score (nSPS) is 18.0. The summed E-state index contributed by atoms with van der Waals surface area (Å²) in [5, 5.41) is 2.97. The van der Waals surface area contributed by atoms with Gasteiger partial charge in [-0.05, 0) is 55.7 Å². The number of furan rings is 1. The minimum atomic E-state index is -0.0735. The highest BCUT2D eigenvalue weighted by atomic mass is 79.9. The van der Waals surface area contributed by atoms with Gasteiger partial charge < -0.3 is 14.6 Å². The van der Waals surface area contributed by atoms with Crippen LogP contribution in [0.5, 0.6) is 0 Å². The maximum atomic E-state index is 12.5. The van der Waals surface area contributed by atoms with Crippen LogP contribution in [-0.2, 0) is 0 Å². The molecule has 0 spiro atoms. The number of hydrogen-bond acceptors (Lipinski definition) is 2. The third-order valence-corrected chi connectivity index (χ3v) is 4.68. The number of benzene rings is 1. The minimum absolute atomic E-state index is 0.0385. The van der Waals surface area contributed by atoms with Crippen molar-refractivity contribution in [2.45, 2.75) is 25.8 Å². The molecular formula is C16H17BrN2O2. The molecule has 1 saturated heterocycles. The Morgan fingerprint density at radius 1 is 1.43 bits per heavy atom. The van der Waals surface area contributed by atoms with E-state index in [0.29, 0.717) is 0 Å². The highest BCUT2D eigenvalue weighted by molar-refractivity contribution is 9.10. The maximum Gasteiger partial charge on any atom is 0.322 e. The zero-order valence-corrected chi connectivity index (χ0v) is 13.4. The molecule has 1 fully saturated rings. The van der Waals surface area contributed by atoms with Crippen LogP contribution in [0.1, 0.15) is 30.2 Å². The average molecular weight is 349 g/mol. The lowest BCUT2D eigenvalue weighted by Gasteiger charge is -2.23. The van der Waals surface area contributed by atoms with Crippen LogP contribution in [0.3, 0.4) is 0 Å². The van der Waals surface area contributed by atoms with Crippen molar-refractivity contribution >= 4 is 27.6 Å². The number of nitrogens with one attached hydrogen (secondary N) is 1.